The van der Waals surface area contributed by atoms with Gasteiger partial charge in [0.15, 0.2) is 0 Å². The third-order valence-electron chi connectivity index (χ3n) is 2.82. The minimum atomic E-state index is 0.0827. The first-order valence-electron chi connectivity index (χ1n) is 6.25. The van der Waals surface area contributed by atoms with Gasteiger partial charge in [-0.05, 0) is 30.0 Å². The van der Waals surface area contributed by atoms with E-state index in [4.69, 9.17) is 0 Å². The van der Waals surface area contributed by atoms with Crippen molar-refractivity contribution in [2.45, 2.75) is 32.1 Å². The first-order valence-corrected chi connectivity index (χ1v) is 7.23. The number of benzene rings is 1. The predicted octanol–water partition coefficient (Wildman–Crippen LogP) is 3.58. The van der Waals surface area contributed by atoms with E-state index < -0.39 is 0 Å². The number of carbonyl (C=O) groups is 1. The van der Waals surface area contributed by atoms with Gasteiger partial charge in [0.1, 0.15) is 0 Å². The lowest BCUT2D eigenvalue weighted by Gasteiger charge is -2.20. The minimum Gasteiger partial charge on any atom is -0.385 e. The van der Waals surface area contributed by atoms with Gasteiger partial charge >= 0.3 is 0 Å². The molecule has 0 atom stereocenters. The van der Waals surface area contributed by atoms with Crippen molar-refractivity contribution >= 4 is 29.0 Å². The zero-order valence-corrected chi connectivity index (χ0v) is 12.0. The molecule has 0 bridgehead atoms. The zero-order valence-electron chi connectivity index (χ0n) is 11.2. The maximum absolute atomic E-state index is 11.3. The van der Waals surface area contributed by atoms with Gasteiger partial charge in [0.2, 0.25) is 5.91 Å². The van der Waals surface area contributed by atoms with Crippen molar-refractivity contribution in [1.82, 2.24) is 0 Å². The average molecular weight is 264 g/mol. The molecule has 0 fully saturated rings. The van der Waals surface area contributed by atoms with Crippen LogP contribution in [-0.4, -0.2) is 18.2 Å². The molecular weight excluding hydrogens is 244 g/mol. The summed E-state index contributed by atoms with van der Waals surface area (Å²) < 4.78 is 0. The Balaban J connectivity index is 1.98. The first-order chi connectivity index (χ1) is 8.44. The van der Waals surface area contributed by atoms with Crippen LogP contribution in [0.5, 0.6) is 0 Å². The van der Waals surface area contributed by atoms with E-state index in [0.717, 1.165) is 29.2 Å². The largest absolute Gasteiger partial charge is 0.385 e. The number of hydrogen-bond acceptors (Lipinski definition) is 3. The van der Waals surface area contributed by atoms with Crippen LogP contribution >= 0.6 is 11.8 Å². The molecule has 1 heterocycles. The number of amides is 1. The van der Waals surface area contributed by atoms with Gasteiger partial charge < -0.3 is 10.6 Å². The number of hydrogen-bond donors (Lipinski definition) is 2. The first kappa shape index (κ1) is 13.3. The van der Waals surface area contributed by atoms with E-state index in [1.54, 1.807) is 11.8 Å². The Morgan fingerprint density at radius 1 is 1.39 bits per heavy atom. The molecule has 0 aliphatic carbocycles. The zero-order chi connectivity index (χ0) is 13.2. The predicted molar refractivity (Wildman–Crippen MR) is 78.4 cm³/mol. The van der Waals surface area contributed by atoms with Crippen molar-refractivity contribution < 1.29 is 4.79 Å². The summed E-state index contributed by atoms with van der Waals surface area (Å²) in [6.07, 6.45) is 1.12. The van der Waals surface area contributed by atoms with Gasteiger partial charge in [0, 0.05) is 17.1 Å². The lowest BCUT2D eigenvalue weighted by molar-refractivity contribution is -0.113. The molecule has 1 aliphatic heterocycles. The highest BCUT2D eigenvalue weighted by Crippen LogP contribution is 2.33. The highest BCUT2D eigenvalue weighted by atomic mass is 32.2. The Kier molecular flexibility index (Phi) is 3.85. The van der Waals surface area contributed by atoms with E-state index >= 15 is 0 Å². The summed E-state index contributed by atoms with van der Waals surface area (Å²) >= 11 is 1.59. The fourth-order valence-corrected chi connectivity index (χ4v) is 2.56. The van der Waals surface area contributed by atoms with Crippen LogP contribution < -0.4 is 10.6 Å². The summed E-state index contributed by atoms with van der Waals surface area (Å²) in [5.74, 6) is 0.600. The highest BCUT2D eigenvalue weighted by Gasteiger charge is 2.15. The summed E-state index contributed by atoms with van der Waals surface area (Å²) in [7, 11) is 0. The molecule has 0 spiro atoms. The van der Waals surface area contributed by atoms with Crippen LogP contribution in [-0.2, 0) is 4.79 Å². The lowest BCUT2D eigenvalue weighted by Crippen LogP contribution is -2.19. The van der Waals surface area contributed by atoms with E-state index in [-0.39, 0.29) is 5.91 Å². The number of rotatable bonds is 3. The second kappa shape index (κ2) is 5.22. The molecule has 0 unspecified atom stereocenters. The van der Waals surface area contributed by atoms with Gasteiger partial charge in [-0.1, -0.05) is 20.8 Å². The summed E-state index contributed by atoms with van der Waals surface area (Å²) in [5.41, 5.74) is 2.34. The van der Waals surface area contributed by atoms with Crippen LogP contribution in [0, 0.1) is 5.41 Å². The third-order valence-corrected chi connectivity index (χ3v) is 3.89. The van der Waals surface area contributed by atoms with E-state index in [2.05, 4.69) is 43.5 Å². The molecule has 1 aliphatic rings. The summed E-state index contributed by atoms with van der Waals surface area (Å²) in [6.45, 7) is 7.65. The van der Waals surface area contributed by atoms with E-state index in [0.29, 0.717) is 11.2 Å². The Morgan fingerprint density at radius 3 is 2.89 bits per heavy atom. The lowest BCUT2D eigenvalue weighted by atomic mass is 9.92. The molecule has 3 nitrogen and oxygen atoms in total. The quantitative estimate of drug-likeness (QED) is 0.876. The summed E-state index contributed by atoms with van der Waals surface area (Å²) in [5, 5.41) is 6.31. The maximum Gasteiger partial charge on any atom is 0.234 e. The van der Waals surface area contributed by atoms with Gasteiger partial charge in [0.05, 0.1) is 11.4 Å². The van der Waals surface area contributed by atoms with Crippen LogP contribution in [0.4, 0.5) is 11.4 Å². The molecule has 1 aromatic carbocycles. The molecule has 4 heteroatoms. The molecule has 2 rings (SSSR count). The number of anilines is 2. The molecule has 0 saturated carbocycles. The smallest absolute Gasteiger partial charge is 0.234 e. The van der Waals surface area contributed by atoms with Crippen molar-refractivity contribution in [3.8, 4) is 0 Å². The average Bonchev–Trinajstić information content (AvgIpc) is 2.26. The van der Waals surface area contributed by atoms with Crippen molar-refractivity contribution in [3.63, 3.8) is 0 Å². The summed E-state index contributed by atoms with van der Waals surface area (Å²) in [6, 6.07) is 6.16. The van der Waals surface area contributed by atoms with Gasteiger partial charge in [-0.15, -0.1) is 11.8 Å². The van der Waals surface area contributed by atoms with Crippen molar-refractivity contribution in [1.29, 1.82) is 0 Å². The Morgan fingerprint density at radius 2 is 2.17 bits per heavy atom. The fraction of sp³-hybridized carbons (Fsp3) is 0.500. The molecule has 0 saturated heterocycles. The van der Waals surface area contributed by atoms with Crippen LogP contribution in [0.3, 0.4) is 0 Å². The van der Waals surface area contributed by atoms with E-state index in [9.17, 15) is 4.79 Å². The maximum atomic E-state index is 11.3. The molecule has 0 aromatic heterocycles. The standard InChI is InChI=1S/C14H20N2OS/c1-14(2,3)6-7-15-10-4-5-12-11(8-10)16-13(17)9-18-12/h4-5,8,15H,6-7,9H2,1-3H3,(H,16,17). The van der Waals surface area contributed by atoms with Crippen molar-refractivity contribution in [2.75, 3.05) is 22.9 Å². The number of fused-ring (bicyclic) bond motifs is 1. The SMILES string of the molecule is CC(C)(C)CCNc1ccc2c(c1)NC(=O)CS2. The van der Waals surface area contributed by atoms with Crippen LogP contribution in [0.1, 0.15) is 27.2 Å². The van der Waals surface area contributed by atoms with Crippen molar-refractivity contribution in [2.24, 2.45) is 5.41 Å². The van der Waals surface area contributed by atoms with Gasteiger partial charge in [-0.25, -0.2) is 0 Å². The number of nitrogens with one attached hydrogen (secondary N) is 2. The molecule has 2 N–H and O–H groups in total. The second-order valence-electron chi connectivity index (χ2n) is 5.79. The molecule has 18 heavy (non-hydrogen) atoms. The Labute approximate surface area is 113 Å². The third kappa shape index (κ3) is 3.67. The summed E-state index contributed by atoms with van der Waals surface area (Å²) in [4.78, 5) is 12.5. The second-order valence-corrected chi connectivity index (χ2v) is 6.80. The topological polar surface area (TPSA) is 41.1 Å². The number of carbonyl (C=O) groups excluding carboxylic acids is 1. The van der Waals surface area contributed by atoms with Crippen LogP contribution in [0.25, 0.3) is 0 Å². The van der Waals surface area contributed by atoms with Gasteiger partial charge in [-0.2, -0.15) is 0 Å². The molecule has 1 amide bonds. The van der Waals surface area contributed by atoms with Crippen molar-refractivity contribution in [3.05, 3.63) is 18.2 Å². The normalized spacial score (nSPS) is 14.9. The van der Waals surface area contributed by atoms with E-state index in [1.165, 1.54) is 0 Å². The molecular formula is C14H20N2OS. The monoisotopic (exact) mass is 264 g/mol. The minimum absolute atomic E-state index is 0.0827. The molecule has 0 radical (unpaired) electrons. The highest BCUT2D eigenvalue weighted by molar-refractivity contribution is 8.00. The Bertz CT molecular complexity index is 452. The molecule has 1 aromatic rings. The Hall–Kier alpha value is -1.16. The number of thioether (sulfide) groups is 1. The van der Waals surface area contributed by atoms with Gasteiger partial charge in [-0.3, -0.25) is 4.79 Å². The fourth-order valence-electron chi connectivity index (χ4n) is 1.77. The van der Waals surface area contributed by atoms with Gasteiger partial charge in [0.25, 0.3) is 0 Å². The van der Waals surface area contributed by atoms with E-state index in [1.807, 2.05) is 6.07 Å². The van der Waals surface area contributed by atoms with Crippen LogP contribution in [0.15, 0.2) is 23.1 Å². The van der Waals surface area contributed by atoms with Crippen LogP contribution in [0.2, 0.25) is 0 Å². The molecule has 98 valence electrons.